The molecule has 3 heterocycles. The van der Waals surface area contributed by atoms with Crippen molar-refractivity contribution in [3.63, 3.8) is 0 Å². The summed E-state index contributed by atoms with van der Waals surface area (Å²) in [6, 6.07) is 28.5. The molecule has 4 aromatic carbocycles. The van der Waals surface area contributed by atoms with Crippen molar-refractivity contribution in [2.75, 3.05) is 13.7 Å². The Balaban J connectivity index is 0.00000148. The Morgan fingerprint density at radius 2 is 1.68 bits per heavy atom. The molecule has 0 radical (unpaired) electrons. The summed E-state index contributed by atoms with van der Waals surface area (Å²) >= 11 is 0. The molecule has 0 bridgehead atoms. The fraction of sp³-hybridized carbons (Fsp3) is 0.278. The summed E-state index contributed by atoms with van der Waals surface area (Å²) in [5.41, 5.74) is 9.74. The number of aromatic nitrogens is 1. The van der Waals surface area contributed by atoms with Crippen LogP contribution in [0.4, 0.5) is 4.39 Å². The number of hydrogen-bond acceptors (Lipinski definition) is 3. The summed E-state index contributed by atoms with van der Waals surface area (Å²) in [6.45, 7) is 7.47. The quantitative estimate of drug-likeness (QED) is 0.239. The molecule has 2 unspecified atom stereocenters. The molecule has 0 saturated heterocycles. The number of aryl methyl sites for hydroxylation is 1. The van der Waals surface area contributed by atoms with Crippen molar-refractivity contribution in [1.29, 1.82) is 0 Å². The van der Waals surface area contributed by atoms with E-state index in [1.54, 1.807) is 19.2 Å². The number of ether oxygens (including phenoxy) is 2. The number of aromatic amines is 1. The first kappa shape index (κ1) is 27.1. The fourth-order valence-electron chi connectivity index (χ4n) is 6.42. The number of para-hydroxylation sites is 1. The number of hydrogen-bond donors (Lipinski definition) is 1. The van der Waals surface area contributed by atoms with Crippen molar-refractivity contribution in [2.45, 2.75) is 52.3 Å². The molecule has 2 atom stereocenters. The minimum atomic E-state index is -0.213. The van der Waals surface area contributed by atoms with Gasteiger partial charge in [-0.15, -0.1) is 0 Å². The Morgan fingerprint density at radius 1 is 0.927 bits per heavy atom. The van der Waals surface area contributed by atoms with Crippen LogP contribution in [-0.4, -0.2) is 23.5 Å². The van der Waals surface area contributed by atoms with Crippen LogP contribution in [0.5, 0.6) is 11.5 Å². The molecule has 1 N–H and O–H groups in total. The number of benzene rings is 4. The Bertz CT molecular complexity index is 1660. The van der Waals surface area contributed by atoms with Gasteiger partial charge in [0, 0.05) is 29.2 Å². The molecule has 2 aliphatic rings. The van der Waals surface area contributed by atoms with Gasteiger partial charge < -0.3 is 14.5 Å². The molecule has 5 aromatic rings. The van der Waals surface area contributed by atoms with E-state index in [0.717, 1.165) is 47.5 Å². The largest absolute Gasteiger partial charge is 0.493 e. The highest BCUT2D eigenvalue weighted by Gasteiger charge is 2.41. The molecule has 0 saturated carbocycles. The maximum atomic E-state index is 13.9. The van der Waals surface area contributed by atoms with Crippen LogP contribution in [-0.2, 0) is 19.4 Å². The first-order valence-electron chi connectivity index (χ1n) is 14.6. The Morgan fingerprint density at radius 3 is 2.44 bits per heavy atom. The van der Waals surface area contributed by atoms with E-state index in [-0.39, 0.29) is 17.9 Å². The lowest BCUT2D eigenvalue weighted by molar-refractivity contribution is 0.127. The normalized spacial score (nSPS) is 17.6. The molecular weight excluding hydrogens is 511 g/mol. The smallest absolute Gasteiger partial charge is 0.162 e. The van der Waals surface area contributed by atoms with Crippen molar-refractivity contribution in [1.82, 2.24) is 9.88 Å². The summed E-state index contributed by atoms with van der Waals surface area (Å²) in [7, 11) is 1.71. The van der Waals surface area contributed by atoms with E-state index in [4.69, 9.17) is 9.47 Å². The average molecular weight is 549 g/mol. The first-order valence-corrected chi connectivity index (χ1v) is 14.6. The van der Waals surface area contributed by atoms with E-state index in [0.29, 0.717) is 6.61 Å². The average Bonchev–Trinajstić information content (AvgIpc) is 3.39. The van der Waals surface area contributed by atoms with Crippen molar-refractivity contribution in [2.24, 2.45) is 0 Å². The van der Waals surface area contributed by atoms with Gasteiger partial charge in [-0.1, -0.05) is 74.0 Å². The minimum absolute atomic E-state index is 0.0129. The highest BCUT2D eigenvalue weighted by atomic mass is 19.1. The minimum Gasteiger partial charge on any atom is -0.493 e. The lowest BCUT2D eigenvalue weighted by Crippen LogP contribution is -2.43. The fourth-order valence-corrected chi connectivity index (χ4v) is 6.42. The van der Waals surface area contributed by atoms with Crippen LogP contribution in [0, 0.1) is 12.7 Å². The number of fused-ring (bicyclic) bond motifs is 6. The number of methoxy groups -OCH3 is 1. The number of H-pyrrole nitrogens is 1. The van der Waals surface area contributed by atoms with Gasteiger partial charge in [-0.2, -0.15) is 0 Å². The Hall–Kier alpha value is -4.09. The van der Waals surface area contributed by atoms with Crippen molar-refractivity contribution in [3.05, 3.63) is 130 Å². The molecule has 0 amide bonds. The van der Waals surface area contributed by atoms with Gasteiger partial charge in [-0.05, 0) is 77.9 Å². The molecule has 4 nitrogen and oxygen atoms in total. The topological polar surface area (TPSA) is 37.5 Å². The zero-order valence-corrected chi connectivity index (χ0v) is 24.2. The highest BCUT2D eigenvalue weighted by molar-refractivity contribution is 5.85. The van der Waals surface area contributed by atoms with Gasteiger partial charge in [0.1, 0.15) is 12.4 Å². The molecule has 210 valence electrons. The molecule has 41 heavy (non-hydrogen) atoms. The molecule has 7 rings (SSSR count). The van der Waals surface area contributed by atoms with E-state index in [9.17, 15) is 4.39 Å². The standard InChI is InChI=1S/C34H31FN2O2.C2H6/c1-21-7-9-22(10-8-21)20-39-32-19-27-24(17-31(32)38-2)15-16-37-30(27)18-28-26-5-3-4-6-29(26)36-33(28)34(37)23-11-13-25(35)14-12-23;1-2/h3-14,17,19,30,34,36H,15-16,18,20H2,1-2H3;1-2H3. The summed E-state index contributed by atoms with van der Waals surface area (Å²) < 4.78 is 26.1. The Kier molecular flexibility index (Phi) is 7.55. The monoisotopic (exact) mass is 548 g/mol. The Labute approximate surface area is 241 Å². The van der Waals surface area contributed by atoms with Gasteiger partial charge in [0.15, 0.2) is 11.5 Å². The van der Waals surface area contributed by atoms with Crippen molar-refractivity contribution in [3.8, 4) is 11.5 Å². The van der Waals surface area contributed by atoms with Crippen LogP contribution < -0.4 is 9.47 Å². The number of halogens is 1. The van der Waals surface area contributed by atoms with Crippen LogP contribution in [0.15, 0.2) is 84.9 Å². The van der Waals surface area contributed by atoms with E-state index >= 15 is 0 Å². The van der Waals surface area contributed by atoms with E-state index < -0.39 is 0 Å². The number of nitrogens with zero attached hydrogens (tertiary/aromatic N) is 1. The second-order valence-corrected chi connectivity index (χ2v) is 10.7. The van der Waals surface area contributed by atoms with Gasteiger partial charge >= 0.3 is 0 Å². The third-order valence-corrected chi connectivity index (χ3v) is 8.37. The molecule has 5 heteroatoms. The third kappa shape index (κ3) is 5.00. The van der Waals surface area contributed by atoms with Gasteiger partial charge in [0.2, 0.25) is 0 Å². The first-order chi connectivity index (χ1) is 20.1. The van der Waals surface area contributed by atoms with Crippen LogP contribution in [0.1, 0.15) is 65.0 Å². The van der Waals surface area contributed by atoms with Crippen molar-refractivity contribution >= 4 is 10.9 Å². The number of nitrogens with one attached hydrogen (secondary N) is 1. The lowest BCUT2D eigenvalue weighted by atomic mass is 9.80. The van der Waals surface area contributed by atoms with Crippen LogP contribution in [0.25, 0.3) is 10.9 Å². The van der Waals surface area contributed by atoms with Gasteiger partial charge in [-0.3, -0.25) is 4.90 Å². The van der Waals surface area contributed by atoms with Gasteiger partial charge in [-0.25, -0.2) is 4.39 Å². The zero-order chi connectivity index (χ0) is 28.5. The molecule has 0 fully saturated rings. The van der Waals surface area contributed by atoms with E-state index in [1.807, 2.05) is 26.0 Å². The van der Waals surface area contributed by atoms with Gasteiger partial charge in [0.25, 0.3) is 0 Å². The predicted octanol–water partition coefficient (Wildman–Crippen LogP) is 8.47. The van der Waals surface area contributed by atoms with Gasteiger partial charge in [0.05, 0.1) is 13.2 Å². The predicted molar refractivity (Wildman–Crippen MR) is 163 cm³/mol. The third-order valence-electron chi connectivity index (χ3n) is 8.37. The summed E-state index contributed by atoms with van der Waals surface area (Å²) in [6.07, 6.45) is 1.81. The highest BCUT2D eigenvalue weighted by Crippen LogP contribution is 2.49. The van der Waals surface area contributed by atoms with E-state index in [1.165, 1.54) is 33.3 Å². The van der Waals surface area contributed by atoms with E-state index in [2.05, 4.69) is 77.5 Å². The summed E-state index contributed by atoms with van der Waals surface area (Å²) in [5, 5.41) is 1.26. The second-order valence-electron chi connectivity index (χ2n) is 10.7. The maximum Gasteiger partial charge on any atom is 0.162 e. The maximum absolute atomic E-state index is 13.9. The van der Waals surface area contributed by atoms with Crippen LogP contribution in [0.2, 0.25) is 0 Å². The molecule has 0 aliphatic carbocycles. The lowest BCUT2D eigenvalue weighted by Gasteiger charge is -2.46. The molecular formula is C36H37FN2O2. The SMILES string of the molecule is CC.COc1cc2c(cc1OCc1ccc(C)cc1)C1Cc3c([nH]c4ccccc34)C(c3ccc(F)cc3)N1CC2. The number of rotatable bonds is 5. The van der Waals surface area contributed by atoms with Crippen molar-refractivity contribution < 1.29 is 13.9 Å². The van der Waals surface area contributed by atoms with Crippen LogP contribution >= 0.6 is 0 Å². The molecule has 1 aromatic heterocycles. The second kappa shape index (κ2) is 11.4. The molecule has 2 aliphatic heterocycles. The summed E-state index contributed by atoms with van der Waals surface area (Å²) in [5.74, 6) is 1.32. The summed E-state index contributed by atoms with van der Waals surface area (Å²) in [4.78, 5) is 6.30. The van der Waals surface area contributed by atoms with Crippen LogP contribution in [0.3, 0.4) is 0 Å². The molecule has 0 spiro atoms. The zero-order valence-electron chi connectivity index (χ0n) is 24.2.